The zero-order valence-corrected chi connectivity index (χ0v) is 12.6. The molecule has 0 spiro atoms. The van der Waals surface area contributed by atoms with Gasteiger partial charge in [0.25, 0.3) is 0 Å². The molecule has 2 aromatic rings. The third-order valence-electron chi connectivity index (χ3n) is 2.79. The molecule has 2 heterocycles. The quantitative estimate of drug-likeness (QED) is 0.878. The second kappa shape index (κ2) is 6.31. The Balaban J connectivity index is 2.00. The van der Waals surface area contributed by atoms with Gasteiger partial charge in [0, 0.05) is 25.0 Å². The van der Waals surface area contributed by atoms with Crippen molar-refractivity contribution >= 4 is 27.8 Å². The lowest BCUT2D eigenvalue weighted by Gasteiger charge is -2.15. The summed E-state index contributed by atoms with van der Waals surface area (Å²) in [7, 11) is 2.10. The predicted octanol–water partition coefficient (Wildman–Crippen LogP) is 3.51. The van der Waals surface area contributed by atoms with E-state index in [2.05, 4.69) is 53.3 Å². The molecule has 2 aromatic heterocycles. The highest BCUT2D eigenvalue weighted by Gasteiger charge is 2.11. The molecule has 0 aliphatic carbocycles. The van der Waals surface area contributed by atoms with Crippen LogP contribution < -0.4 is 10.2 Å². The predicted molar refractivity (Wildman–Crippen MR) is 80.6 cm³/mol. The van der Waals surface area contributed by atoms with E-state index in [4.69, 9.17) is 4.98 Å². The average molecular weight is 281 g/mol. The van der Waals surface area contributed by atoms with Crippen LogP contribution in [-0.4, -0.2) is 18.6 Å². The Morgan fingerprint density at radius 1 is 1.44 bits per heavy atom. The van der Waals surface area contributed by atoms with E-state index in [-0.39, 0.29) is 0 Å². The number of nitrogens with one attached hydrogen (secondary N) is 1. The summed E-state index contributed by atoms with van der Waals surface area (Å²) in [4.78, 5) is 6.90. The highest BCUT2D eigenvalue weighted by atomic mass is 32.1. The Kier molecular flexibility index (Phi) is 4.74. The van der Waals surface area contributed by atoms with Crippen LogP contribution in [0.2, 0.25) is 0 Å². The topological polar surface area (TPSA) is 28.2 Å². The van der Waals surface area contributed by atoms with Gasteiger partial charge >= 0.3 is 0 Å². The molecule has 1 unspecified atom stereocenters. The van der Waals surface area contributed by atoms with Crippen molar-refractivity contribution in [2.75, 3.05) is 18.5 Å². The van der Waals surface area contributed by atoms with Gasteiger partial charge in [-0.2, -0.15) is 11.3 Å². The van der Waals surface area contributed by atoms with Gasteiger partial charge < -0.3 is 10.2 Å². The van der Waals surface area contributed by atoms with Gasteiger partial charge in [-0.1, -0.05) is 6.92 Å². The molecule has 0 saturated heterocycles. The van der Waals surface area contributed by atoms with E-state index in [1.807, 2.05) is 0 Å². The van der Waals surface area contributed by atoms with Crippen molar-refractivity contribution in [1.29, 1.82) is 0 Å². The number of thiophene rings is 1. The molecule has 3 nitrogen and oxygen atoms in total. The molecule has 0 saturated carbocycles. The van der Waals surface area contributed by atoms with E-state index >= 15 is 0 Å². The lowest BCUT2D eigenvalue weighted by molar-refractivity contribution is 0.586. The Labute approximate surface area is 116 Å². The third kappa shape index (κ3) is 3.31. The van der Waals surface area contributed by atoms with Crippen molar-refractivity contribution in [2.45, 2.75) is 26.4 Å². The Morgan fingerprint density at radius 3 is 2.94 bits per heavy atom. The SMILES string of the molecule is CCNC(C)c1csc(N(C)Cc2ccsc2)n1. The number of hydrogen-bond acceptors (Lipinski definition) is 5. The molecule has 0 aliphatic rings. The molecule has 0 aromatic carbocycles. The van der Waals surface area contributed by atoms with Crippen LogP contribution in [0.25, 0.3) is 0 Å². The van der Waals surface area contributed by atoms with E-state index in [1.54, 1.807) is 22.7 Å². The normalized spacial score (nSPS) is 12.6. The van der Waals surface area contributed by atoms with Gasteiger partial charge in [-0.25, -0.2) is 4.98 Å². The maximum atomic E-state index is 4.69. The highest BCUT2D eigenvalue weighted by molar-refractivity contribution is 7.13. The van der Waals surface area contributed by atoms with Crippen molar-refractivity contribution < 1.29 is 0 Å². The van der Waals surface area contributed by atoms with Crippen LogP contribution in [0.4, 0.5) is 5.13 Å². The second-order valence-electron chi connectivity index (χ2n) is 4.32. The lowest BCUT2D eigenvalue weighted by Crippen LogP contribution is -2.19. The summed E-state index contributed by atoms with van der Waals surface area (Å²) in [6.07, 6.45) is 0. The smallest absolute Gasteiger partial charge is 0.185 e. The molecule has 98 valence electrons. The van der Waals surface area contributed by atoms with E-state index in [1.165, 1.54) is 5.56 Å². The molecule has 1 atom stereocenters. The van der Waals surface area contributed by atoms with E-state index in [0.29, 0.717) is 6.04 Å². The first-order valence-corrected chi connectivity index (χ1v) is 7.94. The fraction of sp³-hybridized carbons (Fsp3) is 0.462. The van der Waals surface area contributed by atoms with Crippen LogP contribution in [0.15, 0.2) is 22.2 Å². The Hall–Kier alpha value is -0.910. The molecule has 0 amide bonds. The number of rotatable bonds is 6. The van der Waals surface area contributed by atoms with Gasteiger partial charge in [-0.05, 0) is 35.9 Å². The number of aromatic nitrogens is 1. The second-order valence-corrected chi connectivity index (χ2v) is 5.94. The molecule has 2 rings (SSSR count). The van der Waals surface area contributed by atoms with Gasteiger partial charge in [0.15, 0.2) is 5.13 Å². The molecule has 18 heavy (non-hydrogen) atoms. The van der Waals surface area contributed by atoms with Crippen LogP contribution in [0, 0.1) is 0 Å². The van der Waals surface area contributed by atoms with E-state index in [0.717, 1.165) is 23.9 Å². The van der Waals surface area contributed by atoms with Crippen LogP contribution in [0.5, 0.6) is 0 Å². The van der Waals surface area contributed by atoms with Crippen molar-refractivity contribution in [3.8, 4) is 0 Å². The average Bonchev–Trinajstić information content (AvgIpc) is 2.99. The van der Waals surface area contributed by atoms with Crippen LogP contribution in [0.1, 0.15) is 31.1 Å². The zero-order valence-electron chi connectivity index (χ0n) is 11.0. The molecule has 1 N–H and O–H groups in total. The minimum absolute atomic E-state index is 0.328. The summed E-state index contributed by atoms with van der Waals surface area (Å²) >= 11 is 3.45. The first kappa shape index (κ1) is 13.5. The van der Waals surface area contributed by atoms with Crippen molar-refractivity contribution in [2.24, 2.45) is 0 Å². The van der Waals surface area contributed by atoms with Gasteiger partial charge in [0.1, 0.15) is 0 Å². The monoisotopic (exact) mass is 281 g/mol. The van der Waals surface area contributed by atoms with Crippen LogP contribution in [-0.2, 0) is 6.54 Å². The summed E-state index contributed by atoms with van der Waals surface area (Å²) in [6.45, 7) is 6.17. The van der Waals surface area contributed by atoms with Gasteiger partial charge in [-0.3, -0.25) is 0 Å². The number of hydrogen-bond donors (Lipinski definition) is 1. The maximum Gasteiger partial charge on any atom is 0.185 e. The van der Waals surface area contributed by atoms with Gasteiger partial charge in [-0.15, -0.1) is 11.3 Å². The Bertz CT molecular complexity index is 464. The molecular formula is C13H19N3S2. The van der Waals surface area contributed by atoms with Crippen LogP contribution >= 0.6 is 22.7 Å². The first-order valence-electron chi connectivity index (χ1n) is 6.11. The third-order valence-corrected chi connectivity index (χ3v) is 4.50. The van der Waals surface area contributed by atoms with Crippen LogP contribution in [0.3, 0.4) is 0 Å². The molecule has 0 bridgehead atoms. The van der Waals surface area contributed by atoms with Crippen molar-refractivity contribution in [3.05, 3.63) is 33.5 Å². The van der Waals surface area contributed by atoms with Crippen molar-refractivity contribution in [3.63, 3.8) is 0 Å². The maximum absolute atomic E-state index is 4.69. The van der Waals surface area contributed by atoms with E-state index in [9.17, 15) is 0 Å². The lowest BCUT2D eigenvalue weighted by atomic mass is 10.2. The van der Waals surface area contributed by atoms with E-state index < -0.39 is 0 Å². The summed E-state index contributed by atoms with van der Waals surface area (Å²) in [6, 6.07) is 2.49. The molecule has 0 aliphatic heterocycles. The van der Waals surface area contributed by atoms with Gasteiger partial charge in [0.05, 0.1) is 5.69 Å². The fourth-order valence-electron chi connectivity index (χ4n) is 1.79. The van der Waals surface area contributed by atoms with Crippen molar-refractivity contribution in [1.82, 2.24) is 10.3 Å². The minimum atomic E-state index is 0.328. The molecule has 0 radical (unpaired) electrons. The Morgan fingerprint density at radius 2 is 2.28 bits per heavy atom. The zero-order chi connectivity index (χ0) is 13.0. The summed E-state index contributed by atoms with van der Waals surface area (Å²) in [5.74, 6) is 0. The largest absolute Gasteiger partial charge is 0.347 e. The number of nitrogens with zero attached hydrogens (tertiary/aromatic N) is 2. The number of thiazole rings is 1. The molecular weight excluding hydrogens is 262 g/mol. The summed E-state index contributed by atoms with van der Waals surface area (Å²) in [5, 5.41) is 10.9. The standard InChI is InChI=1S/C13H19N3S2/c1-4-14-10(2)12-9-18-13(15-12)16(3)7-11-5-6-17-8-11/h5-6,8-10,14H,4,7H2,1-3H3. The minimum Gasteiger partial charge on any atom is -0.347 e. The van der Waals surface area contributed by atoms with Gasteiger partial charge in [0.2, 0.25) is 0 Å². The fourth-order valence-corrected chi connectivity index (χ4v) is 3.33. The number of anilines is 1. The molecule has 0 fully saturated rings. The summed E-state index contributed by atoms with van der Waals surface area (Å²) in [5.41, 5.74) is 2.48. The molecule has 5 heteroatoms. The highest BCUT2D eigenvalue weighted by Crippen LogP contribution is 2.24. The first-order chi connectivity index (χ1) is 8.70. The summed E-state index contributed by atoms with van der Waals surface area (Å²) < 4.78 is 0.